The summed E-state index contributed by atoms with van der Waals surface area (Å²) in [6.45, 7) is 0.457. The standard InChI is InChI=1S/C22H23FN2O2/c23-18-8-5-7-17(15-18)22(11-1-2-12-22)21(26)25-19-9-6-10-20(16-19)27-14-4-3-13-24/h5-10,15-16H,1-4,11-12,14H2,(H,25,26). The first-order valence-electron chi connectivity index (χ1n) is 9.31. The van der Waals surface area contributed by atoms with Gasteiger partial charge in [-0.3, -0.25) is 4.79 Å². The number of rotatable bonds is 7. The van der Waals surface area contributed by atoms with Crippen LogP contribution in [0.1, 0.15) is 44.1 Å². The van der Waals surface area contributed by atoms with Gasteiger partial charge in [0, 0.05) is 18.2 Å². The summed E-state index contributed by atoms with van der Waals surface area (Å²) in [6.07, 6.45) is 4.44. The molecule has 1 N–H and O–H groups in total. The third-order valence-electron chi connectivity index (χ3n) is 5.06. The van der Waals surface area contributed by atoms with Crippen molar-refractivity contribution in [2.24, 2.45) is 0 Å². The lowest BCUT2D eigenvalue weighted by atomic mass is 9.78. The largest absolute Gasteiger partial charge is 0.493 e. The fourth-order valence-electron chi connectivity index (χ4n) is 3.67. The maximum Gasteiger partial charge on any atom is 0.235 e. The van der Waals surface area contributed by atoms with Gasteiger partial charge in [0.05, 0.1) is 18.1 Å². The summed E-state index contributed by atoms with van der Waals surface area (Å²) >= 11 is 0. The number of anilines is 1. The van der Waals surface area contributed by atoms with Crippen LogP contribution in [0.4, 0.5) is 10.1 Å². The van der Waals surface area contributed by atoms with Crippen LogP contribution in [0.25, 0.3) is 0 Å². The van der Waals surface area contributed by atoms with E-state index in [1.165, 1.54) is 12.1 Å². The first-order chi connectivity index (χ1) is 13.1. The molecule has 0 spiro atoms. The van der Waals surface area contributed by atoms with E-state index in [1.807, 2.05) is 24.3 Å². The summed E-state index contributed by atoms with van der Waals surface area (Å²) in [6, 6.07) is 15.7. The van der Waals surface area contributed by atoms with Crippen molar-refractivity contribution in [1.29, 1.82) is 5.26 Å². The number of hydrogen-bond donors (Lipinski definition) is 1. The Morgan fingerprint density at radius 1 is 1.19 bits per heavy atom. The summed E-state index contributed by atoms with van der Waals surface area (Å²) in [5, 5.41) is 11.6. The van der Waals surface area contributed by atoms with Crippen LogP contribution < -0.4 is 10.1 Å². The van der Waals surface area contributed by atoms with Crippen LogP contribution in [0.3, 0.4) is 0 Å². The number of nitrogens with one attached hydrogen (secondary N) is 1. The van der Waals surface area contributed by atoms with E-state index in [4.69, 9.17) is 10.00 Å². The van der Waals surface area contributed by atoms with Crippen molar-refractivity contribution in [2.45, 2.75) is 43.9 Å². The second-order valence-corrected chi connectivity index (χ2v) is 6.89. The number of hydrogen-bond acceptors (Lipinski definition) is 3. The number of carbonyl (C=O) groups excluding carboxylic acids is 1. The fraction of sp³-hybridized carbons (Fsp3) is 0.364. The van der Waals surface area contributed by atoms with E-state index in [0.29, 0.717) is 43.7 Å². The second-order valence-electron chi connectivity index (χ2n) is 6.89. The summed E-state index contributed by atoms with van der Waals surface area (Å²) in [5.41, 5.74) is 0.702. The average Bonchev–Trinajstić information content (AvgIpc) is 3.17. The Balaban J connectivity index is 1.74. The number of carbonyl (C=O) groups is 1. The zero-order valence-corrected chi connectivity index (χ0v) is 15.2. The van der Waals surface area contributed by atoms with Gasteiger partial charge in [-0.1, -0.05) is 31.0 Å². The van der Waals surface area contributed by atoms with Gasteiger partial charge in [0.15, 0.2) is 0 Å². The number of benzene rings is 2. The van der Waals surface area contributed by atoms with Crippen molar-refractivity contribution >= 4 is 11.6 Å². The Kier molecular flexibility index (Phi) is 6.08. The molecule has 1 fully saturated rings. The number of nitriles is 1. The maximum atomic E-state index is 13.7. The van der Waals surface area contributed by atoms with E-state index >= 15 is 0 Å². The highest BCUT2D eigenvalue weighted by Crippen LogP contribution is 2.42. The third-order valence-corrected chi connectivity index (χ3v) is 5.06. The van der Waals surface area contributed by atoms with E-state index in [2.05, 4.69) is 11.4 Å². The molecule has 0 heterocycles. The predicted molar refractivity (Wildman–Crippen MR) is 102 cm³/mol. The SMILES string of the molecule is N#CCCCOc1cccc(NC(=O)C2(c3cccc(F)c3)CCCC2)c1. The molecule has 0 bridgehead atoms. The summed E-state index contributed by atoms with van der Waals surface area (Å²) in [5.74, 6) is 0.225. The van der Waals surface area contributed by atoms with Crippen molar-refractivity contribution in [2.75, 3.05) is 11.9 Å². The Hall–Kier alpha value is -2.87. The quantitative estimate of drug-likeness (QED) is 0.705. The molecule has 1 aliphatic rings. The number of unbranched alkanes of at least 4 members (excludes halogenated alkanes) is 1. The highest BCUT2D eigenvalue weighted by Gasteiger charge is 2.42. The molecule has 1 saturated carbocycles. The maximum absolute atomic E-state index is 13.7. The number of nitrogens with zero attached hydrogens (tertiary/aromatic N) is 1. The lowest BCUT2D eigenvalue weighted by Crippen LogP contribution is -2.38. The van der Waals surface area contributed by atoms with Gasteiger partial charge in [0.1, 0.15) is 11.6 Å². The molecule has 2 aromatic carbocycles. The van der Waals surface area contributed by atoms with E-state index in [1.54, 1.807) is 12.1 Å². The molecule has 140 valence electrons. The summed E-state index contributed by atoms with van der Waals surface area (Å²) < 4.78 is 19.4. The van der Waals surface area contributed by atoms with Crippen LogP contribution in [-0.2, 0) is 10.2 Å². The van der Waals surface area contributed by atoms with Crippen molar-refractivity contribution in [3.8, 4) is 11.8 Å². The first-order valence-corrected chi connectivity index (χ1v) is 9.31. The molecule has 2 aromatic rings. The van der Waals surface area contributed by atoms with Gasteiger partial charge >= 0.3 is 0 Å². The smallest absolute Gasteiger partial charge is 0.235 e. The van der Waals surface area contributed by atoms with Crippen LogP contribution in [0, 0.1) is 17.1 Å². The zero-order chi connectivity index (χ0) is 19.1. The molecule has 0 atom stereocenters. The molecule has 0 aromatic heterocycles. The number of ether oxygens (including phenoxy) is 1. The Labute approximate surface area is 159 Å². The Morgan fingerprint density at radius 3 is 2.70 bits per heavy atom. The summed E-state index contributed by atoms with van der Waals surface area (Å²) in [7, 11) is 0. The molecule has 0 aliphatic heterocycles. The van der Waals surface area contributed by atoms with Crippen molar-refractivity contribution in [1.82, 2.24) is 0 Å². The zero-order valence-electron chi connectivity index (χ0n) is 15.2. The van der Waals surface area contributed by atoms with Crippen molar-refractivity contribution < 1.29 is 13.9 Å². The molecule has 27 heavy (non-hydrogen) atoms. The minimum absolute atomic E-state index is 0.104. The molecule has 0 saturated heterocycles. The molecule has 1 aliphatic carbocycles. The second kappa shape index (κ2) is 8.68. The van der Waals surface area contributed by atoms with Gasteiger partial charge in [0.2, 0.25) is 5.91 Å². The minimum Gasteiger partial charge on any atom is -0.493 e. The molecule has 1 amide bonds. The lowest BCUT2D eigenvalue weighted by molar-refractivity contribution is -0.121. The lowest BCUT2D eigenvalue weighted by Gasteiger charge is -2.28. The van der Waals surface area contributed by atoms with Gasteiger partial charge < -0.3 is 10.1 Å². The van der Waals surface area contributed by atoms with Crippen LogP contribution in [0.15, 0.2) is 48.5 Å². The monoisotopic (exact) mass is 366 g/mol. The molecular weight excluding hydrogens is 343 g/mol. The van der Waals surface area contributed by atoms with Crippen molar-refractivity contribution in [3.63, 3.8) is 0 Å². The molecule has 0 radical (unpaired) electrons. The topological polar surface area (TPSA) is 62.1 Å². The van der Waals surface area contributed by atoms with Crippen LogP contribution >= 0.6 is 0 Å². The molecule has 0 unspecified atom stereocenters. The predicted octanol–water partition coefficient (Wildman–Crippen LogP) is 4.96. The van der Waals surface area contributed by atoms with Crippen LogP contribution in [-0.4, -0.2) is 12.5 Å². The third kappa shape index (κ3) is 4.46. The fourth-order valence-corrected chi connectivity index (χ4v) is 3.67. The van der Waals surface area contributed by atoms with Gasteiger partial charge in [-0.15, -0.1) is 0 Å². The van der Waals surface area contributed by atoms with Gasteiger partial charge in [0.25, 0.3) is 0 Å². The van der Waals surface area contributed by atoms with Crippen molar-refractivity contribution in [3.05, 3.63) is 59.9 Å². The normalized spacial score (nSPS) is 15.1. The van der Waals surface area contributed by atoms with Gasteiger partial charge in [-0.2, -0.15) is 5.26 Å². The average molecular weight is 366 g/mol. The number of halogens is 1. The minimum atomic E-state index is -0.689. The Morgan fingerprint density at radius 2 is 1.96 bits per heavy atom. The van der Waals surface area contributed by atoms with E-state index < -0.39 is 5.41 Å². The molecule has 4 nitrogen and oxygen atoms in total. The van der Waals surface area contributed by atoms with E-state index in [9.17, 15) is 9.18 Å². The molecule has 5 heteroatoms. The molecule has 3 rings (SSSR count). The highest BCUT2D eigenvalue weighted by molar-refractivity contribution is 5.99. The van der Waals surface area contributed by atoms with Crippen LogP contribution in [0.2, 0.25) is 0 Å². The Bertz CT molecular complexity index is 838. The van der Waals surface area contributed by atoms with Gasteiger partial charge in [-0.05, 0) is 49.1 Å². The first kappa shape index (κ1) is 18.9. The summed E-state index contributed by atoms with van der Waals surface area (Å²) in [4.78, 5) is 13.1. The van der Waals surface area contributed by atoms with E-state index in [0.717, 1.165) is 18.4 Å². The highest BCUT2D eigenvalue weighted by atomic mass is 19.1. The number of amides is 1. The van der Waals surface area contributed by atoms with Gasteiger partial charge in [-0.25, -0.2) is 4.39 Å². The van der Waals surface area contributed by atoms with Crippen LogP contribution in [0.5, 0.6) is 5.75 Å². The van der Waals surface area contributed by atoms with E-state index in [-0.39, 0.29) is 11.7 Å². The molecular formula is C22H23FN2O2.